The zero-order valence-corrected chi connectivity index (χ0v) is 16.1. The molecule has 144 valence electrons. The molecule has 1 aliphatic rings. The zero-order chi connectivity index (χ0) is 19.3. The second kappa shape index (κ2) is 6.49. The van der Waals surface area contributed by atoms with Crippen molar-refractivity contribution in [2.45, 2.75) is 26.8 Å². The Balaban J connectivity index is 1.78. The summed E-state index contributed by atoms with van der Waals surface area (Å²) in [4.78, 5) is 10.5. The lowest BCUT2D eigenvalue weighted by atomic mass is 10.1. The average Bonchev–Trinajstić information content (AvgIpc) is 3.42. The Morgan fingerprint density at radius 2 is 2.18 bits per heavy atom. The minimum absolute atomic E-state index is 0.248. The Kier molecular flexibility index (Phi) is 3.94. The predicted octanol–water partition coefficient (Wildman–Crippen LogP) is 3.22. The van der Waals surface area contributed by atoms with Gasteiger partial charge in [0.1, 0.15) is 11.6 Å². The average molecular weight is 378 g/mol. The molecule has 1 fully saturated rings. The van der Waals surface area contributed by atoms with Crippen LogP contribution in [0.3, 0.4) is 0 Å². The summed E-state index contributed by atoms with van der Waals surface area (Å²) in [6, 6.07) is 6.32. The van der Waals surface area contributed by atoms with E-state index in [0.717, 1.165) is 52.0 Å². The van der Waals surface area contributed by atoms with Gasteiger partial charge in [-0.1, -0.05) is 5.16 Å². The van der Waals surface area contributed by atoms with Crippen LogP contribution in [0.4, 0.5) is 5.82 Å². The molecule has 0 bridgehead atoms. The minimum atomic E-state index is 0.248. The number of hydrogen-bond donors (Lipinski definition) is 1. The quantitative estimate of drug-likeness (QED) is 0.589. The third-order valence-corrected chi connectivity index (χ3v) is 5.30. The largest absolute Gasteiger partial charge is 0.377 e. The van der Waals surface area contributed by atoms with Crippen LogP contribution in [0, 0.1) is 13.8 Å². The SMILES string of the molecule is Cc1noc(C)c1-c1cc(N2CCOC[C@H]2C)nc2c(-c3ccc[nH]3)cnn12. The molecule has 5 heterocycles. The monoisotopic (exact) mass is 378 g/mol. The number of fused-ring (bicyclic) bond motifs is 1. The number of nitrogens with zero attached hydrogens (tertiary/aromatic N) is 5. The van der Waals surface area contributed by atoms with Crippen molar-refractivity contribution in [3.63, 3.8) is 0 Å². The fourth-order valence-electron chi connectivity index (χ4n) is 3.88. The molecule has 8 nitrogen and oxygen atoms in total. The molecule has 1 saturated heterocycles. The molecule has 1 aliphatic heterocycles. The van der Waals surface area contributed by atoms with E-state index in [9.17, 15) is 0 Å². The molecule has 1 N–H and O–H groups in total. The molecule has 4 aromatic rings. The molecule has 0 aromatic carbocycles. The lowest BCUT2D eigenvalue weighted by Gasteiger charge is -2.34. The Morgan fingerprint density at radius 3 is 2.89 bits per heavy atom. The minimum Gasteiger partial charge on any atom is -0.377 e. The van der Waals surface area contributed by atoms with Crippen molar-refractivity contribution in [1.82, 2.24) is 24.7 Å². The van der Waals surface area contributed by atoms with Gasteiger partial charge in [0, 0.05) is 18.8 Å². The summed E-state index contributed by atoms with van der Waals surface area (Å²) in [5.74, 6) is 1.68. The maximum atomic E-state index is 5.61. The fourth-order valence-corrected chi connectivity index (χ4v) is 3.88. The lowest BCUT2D eigenvalue weighted by molar-refractivity contribution is 0.0985. The van der Waals surface area contributed by atoms with Crippen LogP contribution in [0.25, 0.3) is 28.2 Å². The second-order valence-corrected chi connectivity index (χ2v) is 7.19. The molecule has 28 heavy (non-hydrogen) atoms. The third-order valence-electron chi connectivity index (χ3n) is 5.30. The van der Waals surface area contributed by atoms with E-state index in [-0.39, 0.29) is 6.04 Å². The number of aromatic nitrogens is 5. The van der Waals surface area contributed by atoms with Gasteiger partial charge in [-0.3, -0.25) is 0 Å². The van der Waals surface area contributed by atoms with Gasteiger partial charge in [0.15, 0.2) is 5.65 Å². The molecule has 0 spiro atoms. The van der Waals surface area contributed by atoms with Gasteiger partial charge < -0.3 is 19.1 Å². The normalized spacial score (nSPS) is 17.5. The molecule has 8 heteroatoms. The lowest BCUT2D eigenvalue weighted by Crippen LogP contribution is -2.44. The smallest absolute Gasteiger partial charge is 0.167 e. The molecule has 0 amide bonds. The van der Waals surface area contributed by atoms with Gasteiger partial charge in [0.2, 0.25) is 0 Å². The van der Waals surface area contributed by atoms with Crippen molar-refractivity contribution in [2.75, 3.05) is 24.7 Å². The van der Waals surface area contributed by atoms with Crippen LogP contribution < -0.4 is 4.90 Å². The summed E-state index contributed by atoms with van der Waals surface area (Å²) in [6.45, 7) is 8.22. The van der Waals surface area contributed by atoms with Crippen LogP contribution in [-0.4, -0.2) is 50.5 Å². The molecular weight excluding hydrogens is 356 g/mol. The van der Waals surface area contributed by atoms with Crippen LogP contribution >= 0.6 is 0 Å². The van der Waals surface area contributed by atoms with E-state index >= 15 is 0 Å². The fraction of sp³-hybridized carbons (Fsp3) is 0.350. The maximum absolute atomic E-state index is 5.61. The number of ether oxygens (including phenoxy) is 1. The van der Waals surface area contributed by atoms with Crippen molar-refractivity contribution in [1.29, 1.82) is 0 Å². The third kappa shape index (κ3) is 2.60. The van der Waals surface area contributed by atoms with E-state index in [4.69, 9.17) is 14.2 Å². The van der Waals surface area contributed by atoms with Crippen molar-refractivity contribution in [2.24, 2.45) is 0 Å². The topological polar surface area (TPSA) is 84.5 Å². The predicted molar refractivity (Wildman–Crippen MR) is 105 cm³/mol. The number of morpholine rings is 1. The summed E-state index contributed by atoms with van der Waals surface area (Å²) in [5.41, 5.74) is 5.46. The first kappa shape index (κ1) is 17.0. The first-order valence-electron chi connectivity index (χ1n) is 9.43. The van der Waals surface area contributed by atoms with E-state index in [2.05, 4.69) is 33.1 Å². The van der Waals surface area contributed by atoms with Gasteiger partial charge in [0.25, 0.3) is 0 Å². The van der Waals surface area contributed by atoms with E-state index in [1.54, 1.807) is 0 Å². The molecule has 5 rings (SSSR count). The molecule has 0 saturated carbocycles. The molecular formula is C20H22N6O2. The summed E-state index contributed by atoms with van der Waals surface area (Å²) in [6.07, 6.45) is 3.75. The van der Waals surface area contributed by atoms with Crippen molar-refractivity contribution in [3.8, 4) is 22.5 Å². The highest BCUT2D eigenvalue weighted by Crippen LogP contribution is 2.33. The van der Waals surface area contributed by atoms with Gasteiger partial charge >= 0.3 is 0 Å². The Labute approximate surface area is 162 Å². The van der Waals surface area contributed by atoms with Gasteiger partial charge in [0.05, 0.1) is 53.7 Å². The summed E-state index contributed by atoms with van der Waals surface area (Å²) in [5, 5.41) is 8.78. The molecule has 0 unspecified atom stereocenters. The van der Waals surface area contributed by atoms with Crippen molar-refractivity contribution >= 4 is 11.5 Å². The second-order valence-electron chi connectivity index (χ2n) is 7.19. The summed E-state index contributed by atoms with van der Waals surface area (Å²) in [7, 11) is 0. The molecule has 4 aromatic heterocycles. The van der Waals surface area contributed by atoms with Crippen molar-refractivity contribution in [3.05, 3.63) is 42.0 Å². The van der Waals surface area contributed by atoms with E-state index in [1.165, 1.54) is 0 Å². The van der Waals surface area contributed by atoms with Gasteiger partial charge in [-0.15, -0.1) is 0 Å². The Bertz CT molecular complexity index is 1110. The highest BCUT2D eigenvalue weighted by atomic mass is 16.5. The first-order valence-corrected chi connectivity index (χ1v) is 9.43. The number of anilines is 1. The number of hydrogen-bond acceptors (Lipinski definition) is 6. The number of rotatable bonds is 3. The maximum Gasteiger partial charge on any atom is 0.167 e. The van der Waals surface area contributed by atoms with E-state index < -0.39 is 0 Å². The van der Waals surface area contributed by atoms with E-state index in [0.29, 0.717) is 13.2 Å². The van der Waals surface area contributed by atoms with Crippen molar-refractivity contribution < 1.29 is 9.26 Å². The number of aromatic amines is 1. The van der Waals surface area contributed by atoms with Crippen LogP contribution in [0.15, 0.2) is 35.1 Å². The summed E-state index contributed by atoms with van der Waals surface area (Å²) >= 11 is 0. The standard InChI is InChI=1S/C20H22N6O2/c1-12-11-27-8-7-25(12)18-9-17(19-13(2)24-28-14(19)3)26-20(23-18)15(10-22-26)16-5-4-6-21-16/h4-6,9-10,12,21H,7-8,11H2,1-3H3/t12-/m1/s1. The highest BCUT2D eigenvalue weighted by Gasteiger charge is 2.25. The van der Waals surface area contributed by atoms with Crippen LogP contribution in [0.2, 0.25) is 0 Å². The highest BCUT2D eigenvalue weighted by molar-refractivity contribution is 5.80. The zero-order valence-electron chi connectivity index (χ0n) is 16.1. The van der Waals surface area contributed by atoms with Crippen LogP contribution in [0.1, 0.15) is 18.4 Å². The van der Waals surface area contributed by atoms with Gasteiger partial charge in [-0.25, -0.2) is 9.50 Å². The molecule has 0 radical (unpaired) electrons. The Morgan fingerprint density at radius 1 is 1.29 bits per heavy atom. The number of aryl methyl sites for hydroxylation is 2. The summed E-state index contributed by atoms with van der Waals surface area (Å²) < 4.78 is 12.9. The van der Waals surface area contributed by atoms with Crippen LogP contribution in [0.5, 0.6) is 0 Å². The van der Waals surface area contributed by atoms with Gasteiger partial charge in [-0.05, 0) is 32.9 Å². The number of nitrogens with one attached hydrogen (secondary N) is 1. The van der Waals surface area contributed by atoms with Crippen LogP contribution in [-0.2, 0) is 4.74 Å². The Hall–Kier alpha value is -3.13. The van der Waals surface area contributed by atoms with E-state index in [1.807, 2.05) is 42.9 Å². The molecule has 1 atom stereocenters. The molecule has 0 aliphatic carbocycles. The number of H-pyrrole nitrogens is 1. The van der Waals surface area contributed by atoms with Gasteiger partial charge in [-0.2, -0.15) is 5.10 Å². The first-order chi connectivity index (χ1) is 13.6.